The first-order valence-electron chi connectivity index (χ1n) is 6.81. The zero-order valence-corrected chi connectivity index (χ0v) is 12.6. The molecular formula is C14H16F3N5O. The lowest BCUT2D eigenvalue weighted by atomic mass is 10.0. The van der Waals surface area contributed by atoms with E-state index in [2.05, 4.69) is 20.9 Å². The number of hydrogen-bond acceptors (Lipinski definition) is 3. The molecule has 2 amide bonds. The lowest BCUT2D eigenvalue weighted by Gasteiger charge is -2.12. The number of nitrogens with zero attached hydrogens (tertiary/aromatic N) is 3. The van der Waals surface area contributed by atoms with Gasteiger partial charge in [-0.1, -0.05) is 29.5 Å². The Labute approximate surface area is 130 Å². The van der Waals surface area contributed by atoms with Crippen LogP contribution >= 0.6 is 0 Å². The fourth-order valence-electron chi connectivity index (χ4n) is 1.97. The SMILES string of the molecule is Cc1c(NC(=O)NCc2ccccc2CC(F)(F)F)nnn1C. The van der Waals surface area contributed by atoms with Crippen molar-refractivity contribution in [3.8, 4) is 0 Å². The van der Waals surface area contributed by atoms with Gasteiger partial charge in [0.25, 0.3) is 0 Å². The van der Waals surface area contributed by atoms with Crippen LogP contribution in [0, 0.1) is 6.92 Å². The lowest BCUT2D eigenvalue weighted by molar-refractivity contribution is -0.127. The second-order valence-corrected chi connectivity index (χ2v) is 5.02. The van der Waals surface area contributed by atoms with Crippen LogP contribution in [0.5, 0.6) is 0 Å². The van der Waals surface area contributed by atoms with Gasteiger partial charge in [-0.25, -0.2) is 4.79 Å². The van der Waals surface area contributed by atoms with Crippen LogP contribution in [0.2, 0.25) is 0 Å². The molecule has 0 aliphatic rings. The van der Waals surface area contributed by atoms with E-state index in [0.717, 1.165) is 0 Å². The number of rotatable bonds is 4. The van der Waals surface area contributed by atoms with E-state index in [1.165, 1.54) is 16.8 Å². The topological polar surface area (TPSA) is 71.8 Å². The molecule has 6 nitrogen and oxygen atoms in total. The molecule has 0 unspecified atom stereocenters. The summed E-state index contributed by atoms with van der Waals surface area (Å²) in [6, 6.07) is 5.55. The number of carbonyl (C=O) groups is 1. The van der Waals surface area contributed by atoms with Crippen molar-refractivity contribution in [2.45, 2.75) is 26.1 Å². The molecule has 1 aromatic heterocycles. The van der Waals surface area contributed by atoms with Crippen LogP contribution in [-0.4, -0.2) is 27.2 Å². The van der Waals surface area contributed by atoms with Crippen molar-refractivity contribution in [3.63, 3.8) is 0 Å². The zero-order valence-electron chi connectivity index (χ0n) is 12.6. The van der Waals surface area contributed by atoms with Gasteiger partial charge in [0.2, 0.25) is 0 Å². The van der Waals surface area contributed by atoms with Gasteiger partial charge in [0.05, 0.1) is 12.1 Å². The molecule has 0 aliphatic heterocycles. The summed E-state index contributed by atoms with van der Waals surface area (Å²) in [5.41, 5.74) is 1.21. The van der Waals surface area contributed by atoms with Crippen LogP contribution in [0.15, 0.2) is 24.3 Å². The Morgan fingerprint density at radius 2 is 1.91 bits per heavy atom. The van der Waals surface area contributed by atoms with Gasteiger partial charge in [0.1, 0.15) is 0 Å². The molecule has 0 aliphatic carbocycles. The molecular weight excluding hydrogens is 311 g/mol. The zero-order chi connectivity index (χ0) is 17.0. The first kappa shape index (κ1) is 16.8. The molecule has 0 bridgehead atoms. The highest BCUT2D eigenvalue weighted by molar-refractivity contribution is 5.88. The second-order valence-electron chi connectivity index (χ2n) is 5.02. The van der Waals surface area contributed by atoms with E-state index in [1.807, 2.05) is 0 Å². The normalized spacial score (nSPS) is 11.3. The average Bonchev–Trinajstić information content (AvgIpc) is 2.77. The van der Waals surface area contributed by atoms with Crippen LogP contribution in [0.4, 0.5) is 23.8 Å². The molecule has 0 saturated carbocycles. The standard InChI is InChI=1S/C14H16F3N5O/c1-9-12(20-21-22(9)2)19-13(23)18-8-11-6-4-3-5-10(11)7-14(15,16)17/h3-6H,7-8H2,1-2H3,(H2,18,19,23). The summed E-state index contributed by atoms with van der Waals surface area (Å²) < 4.78 is 39.1. The van der Waals surface area contributed by atoms with Crippen molar-refractivity contribution >= 4 is 11.8 Å². The molecule has 1 aromatic carbocycles. The summed E-state index contributed by atoms with van der Waals surface area (Å²) >= 11 is 0. The molecule has 0 radical (unpaired) electrons. The third-order valence-electron chi connectivity index (χ3n) is 3.29. The maximum atomic E-state index is 12.5. The summed E-state index contributed by atoms with van der Waals surface area (Å²) in [5, 5.41) is 12.5. The Kier molecular flexibility index (Phi) is 4.87. The lowest BCUT2D eigenvalue weighted by Crippen LogP contribution is -2.29. The van der Waals surface area contributed by atoms with Crippen LogP contribution < -0.4 is 10.6 Å². The number of alkyl halides is 3. The van der Waals surface area contributed by atoms with Crippen molar-refractivity contribution < 1.29 is 18.0 Å². The maximum absolute atomic E-state index is 12.5. The molecule has 0 atom stereocenters. The average molecular weight is 327 g/mol. The molecule has 9 heteroatoms. The van der Waals surface area contributed by atoms with Gasteiger partial charge in [-0.2, -0.15) is 13.2 Å². The van der Waals surface area contributed by atoms with Crippen LogP contribution in [0.1, 0.15) is 16.8 Å². The van der Waals surface area contributed by atoms with E-state index in [-0.39, 0.29) is 12.1 Å². The molecule has 0 saturated heterocycles. The van der Waals surface area contributed by atoms with Crippen molar-refractivity contribution in [2.24, 2.45) is 7.05 Å². The minimum atomic E-state index is -4.30. The maximum Gasteiger partial charge on any atom is 0.393 e. The molecule has 1 heterocycles. The number of anilines is 1. The van der Waals surface area contributed by atoms with Crippen LogP contribution in [0.3, 0.4) is 0 Å². The summed E-state index contributed by atoms with van der Waals surface area (Å²) in [6.07, 6.45) is -5.33. The second kappa shape index (κ2) is 6.67. The highest BCUT2D eigenvalue weighted by Crippen LogP contribution is 2.23. The summed E-state index contributed by atoms with van der Waals surface area (Å²) in [4.78, 5) is 11.8. The van der Waals surface area contributed by atoms with Gasteiger partial charge in [0.15, 0.2) is 5.82 Å². The number of nitrogens with one attached hydrogen (secondary N) is 2. The van der Waals surface area contributed by atoms with E-state index in [1.54, 1.807) is 26.1 Å². The minimum absolute atomic E-state index is 0.0165. The number of halogens is 3. The molecule has 2 aromatic rings. The van der Waals surface area contributed by atoms with Crippen LogP contribution in [0.25, 0.3) is 0 Å². The third kappa shape index (κ3) is 4.70. The van der Waals surface area contributed by atoms with Crippen molar-refractivity contribution in [1.82, 2.24) is 20.3 Å². The van der Waals surface area contributed by atoms with E-state index in [4.69, 9.17) is 0 Å². The Morgan fingerprint density at radius 3 is 2.48 bits per heavy atom. The number of urea groups is 1. The summed E-state index contributed by atoms with van der Waals surface area (Å²) in [6.45, 7) is 1.71. The van der Waals surface area contributed by atoms with Crippen molar-refractivity contribution in [1.29, 1.82) is 0 Å². The quantitative estimate of drug-likeness (QED) is 0.906. The monoisotopic (exact) mass is 327 g/mol. The molecule has 0 fully saturated rings. The van der Waals surface area contributed by atoms with Crippen molar-refractivity contribution in [3.05, 3.63) is 41.1 Å². The van der Waals surface area contributed by atoms with Gasteiger partial charge in [-0.05, 0) is 18.1 Å². The highest BCUT2D eigenvalue weighted by atomic mass is 19.4. The summed E-state index contributed by atoms with van der Waals surface area (Å²) in [7, 11) is 1.68. The van der Waals surface area contributed by atoms with E-state index in [9.17, 15) is 18.0 Å². The highest BCUT2D eigenvalue weighted by Gasteiger charge is 2.28. The third-order valence-corrected chi connectivity index (χ3v) is 3.29. The van der Waals surface area contributed by atoms with Gasteiger partial charge < -0.3 is 5.32 Å². The minimum Gasteiger partial charge on any atom is -0.334 e. The molecule has 2 rings (SSSR count). The summed E-state index contributed by atoms with van der Waals surface area (Å²) in [5.74, 6) is 0.300. The molecule has 0 spiro atoms. The Hall–Kier alpha value is -2.58. The smallest absolute Gasteiger partial charge is 0.334 e. The fourth-order valence-corrected chi connectivity index (χ4v) is 1.97. The largest absolute Gasteiger partial charge is 0.393 e. The number of amides is 2. The van der Waals surface area contributed by atoms with Gasteiger partial charge in [0, 0.05) is 13.6 Å². The Bertz CT molecular complexity index is 696. The first-order valence-corrected chi connectivity index (χ1v) is 6.81. The van der Waals surface area contributed by atoms with E-state index in [0.29, 0.717) is 17.1 Å². The number of benzene rings is 1. The van der Waals surface area contributed by atoms with E-state index >= 15 is 0 Å². The number of aryl methyl sites for hydroxylation is 1. The Morgan fingerprint density at radius 1 is 1.26 bits per heavy atom. The fraction of sp³-hybridized carbons (Fsp3) is 0.357. The number of carbonyl (C=O) groups excluding carboxylic acids is 1. The Balaban J connectivity index is 1.98. The first-order chi connectivity index (χ1) is 10.8. The van der Waals surface area contributed by atoms with Gasteiger partial charge in [-0.15, -0.1) is 5.10 Å². The molecule has 124 valence electrons. The number of hydrogen-bond donors (Lipinski definition) is 2. The molecule has 2 N–H and O–H groups in total. The predicted molar refractivity (Wildman–Crippen MR) is 77.8 cm³/mol. The van der Waals surface area contributed by atoms with E-state index < -0.39 is 18.6 Å². The van der Waals surface area contributed by atoms with Crippen molar-refractivity contribution in [2.75, 3.05) is 5.32 Å². The van der Waals surface area contributed by atoms with Gasteiger partial charge >= 0.3 is 12.2 Å². The van der Waals surface area contributed by atoms with Gasteiger partial charge in [-0.3, -0.25) is 10.00 Å². The number of aromatic nitrogens is 3. The predicted octanol–water partition coefficient (Wildman–Crippen LogP) is 2.55. The molecule has 23 heavy (non-hydrogen) atoms. The van der Waals surface area contributed by atoms with Crippen LogP contribution in [-0.2, 0) is 20.0 Å².